The molecular formula is C2H3N2V-. The SMILES string of the molecule is [NH-]C=N[CH]=[V]. The first-order valence-corrected chi connectivity index (χ1v) is 1.87. The molecule has 0 aromatic rings. The summed E-state index contributed by atoms with van der Waals surface area (Å²) in [4.78, 5) is 4.86. The van der Waals surface area contributed by atoms with Crippen LogP contribution in [-0.2, 0) is 17.0 Å². The summed E-state index contributed by atoms with van der Waals surface area (Å²) in [7, 11) is 0. The molecule has 0 aliphatic rings. The number of nitrogens with zero attached hydrogens (tertiary/aromatic N) is 1. The van der Waals surface area contributed by atoms with Crippen LogP contribution in [0.2, 0.25) is 0 Å². The third-order valence-corrected chi connectivity index (χ3v) is 0.349. The van der Waals surface area contributed by atoms with Crippen LogP contribution in [0.5, 0.6) is 0 Å². The summed E-state index contributed by atoms with van der Waals surface area (Å²) >= 11 is 2.13. The molecule has 5 heavy (non-hydrogen) atoms. The van der Waals surface area contributed by atoms with Gasteiger partial charge >= 0.3 is 38.9 Å². The van der Waals surface area contributed by atoms with E-state index in [1.165, 1.54) is 4.85 Å². The first-order chi connectivity index (χ1) is 2.41. The molecule has 3 heteroatoms. The molecule has 0 aromatic heterocycles. The molecule has 0 bridgehead atoms. The van der Waals surface area contributed by atoms with Crippen molar-refractivity contribution >= 4 is 11.2 Å². The molecule has 0 saturated heterocycles. The van der Waals surface area contributed by atoms with Gasteiger partial charge in [0.05, 0.1) is 0 Å². The van der Waals surface area contributed by atoms with E-state index in [1.807, 2.05) is 0 Å². The second-order valence-electron chi connectivity index (χ2n) is 0.394. The normalized spacial score (nSPS) is 8.60. The molecule has 0 unspecified atom stereocenters. The predicted molar refractivity (Wildman–Crippen MR) is 18.9 cm³/mol. The molecule has 0 radical (unpaired) electrons. The van der Waals surface area contributed by atoms with E-state index in [1.54, 1.807) is 0 Å². The minimum atomic E-state index is 0.984. The maximum atomic E-state index is 6.27. The van der Waals surface area contributed by atoms with E-state index in [0.717, 1.165) is 6.34 Å². The zero-order chi connectivity index (χ0) is 4.12. The van der Waals surface area contributed by atoms with Gasteiger partial charge in [-0.15, -0.1) is 0 Å². The Hall–Kier alpha value is -0.0756. The van der Waals surface area contributed by atoms with Gasteiger partial charge in [0.1, 0.15) is 0 Å². The van der Waals surface area contributed by atoms with Crippen LogP contribution in [0, 0.1) is 0 Å². The number of aliphatic imine (C=N–C) groups is 1. The van der Waals surface area contributed by atoms with E-state index in [9.17, 15) is 0 Å². The van der Waals surface area contributed by atoms with Gasteiger partial charge in [-0.2, -0.15) is 0 Å². The third-order valence-electron chi connectivity index (χ3n) is 0.141. The van der Waals surface area contributed by atoms with Crippen LogP contribution in [0.15, 0.2) is 4.99 Å². The van der Waals surface area contributed by atoms with Crippen molar-refractivity contribution in [2.75, 3.05) is 0 Å². The van der Waals surface area contributed by atoms with Crippen LogP contribution < -0.4 is 0 Å². The summed E-state index contributed by atoms with van der Waals surface area (Å²) in [6, 6.07) is 0. The summed E-state index contributed by atoms with van der Waals surface area (Å²) in [5, 5.41) is 0. The van der Waals surface area contributed by atoms with Crippen molar-refractivity contribution in [1.82, 2.24) is 0 Å². The van der Waals surface area contributed by atoms with Gasteiger partial charge in [-0.05, 0) is 0 Å². The molecule has 0 fully saturated rings. The first-order valence-electron chi connectivity index (χ1n) is 1.06. The van der Waals surface area contributed by atoms with E-state index in [4.69, 9.17) is 5.73 Å². The van der Waals surface area contributed by atoms with E-state index >= 15 is 0 Å². The number of nitrogens with one attached hydrogen (secondary N) is 1. The van der Waals surface area contributed by atoms with E-state index in [-0.39, 0.29) is 0 Å². The van der Waals surface area contributed by atoms with Crippen molar-refractivity contribution in [3.05, 3.63) is 5.73 Å². The number of hydrogen-bond donors (Lipinski definition) is 0. The Morgan fingerprint density at radius 2 is 2.40 bits per heavy atom. The topological polar surface area (TPSA) is 36.2 Å². The summed E-state index contributed by atoms with van der Waals surface area (Å²) in [5.74, 6) is 0. The molecule has 27 valence electrons. The van der Waals surface area contributed by atoms with Gasteiger partial charge in [0.2, 0.25) is 0 Å². The summed E-state index contributed by atoms with van der Waals surface area (Å²) in [6.07, 6.45) is 0.984. The molecule has 0 aliphatic carbocycles. The molecule has 0 amide bonds. The Balaban J connectivity index is 2.92. The van der Waals surface area contributed by atoms with Gasteiger partial charge in [-0.3, -0.25) is 0 Å². The van der Waals surface area contributed by atoms with Crippen LogP contribution in [0.3, 0.4) is 0 Å². The molecule has 0 aromatic carbocycles. The minimum absolute atomic E-state index is 0.984. The van der Waals surface area contributed by atoms with Crippen molar-refractivity contribution in [3.63, 3.8) is 0 Å². The van der Waals surface area contributed by atoms with Crippen LogP contribution in [0.4, 0.5) is 0 Å². The summed E-state index contributed by atoms with van der Waals surface area (Å²) < 4.78 is 0. The van der Waals surface area contributed by atoms with E-state index in [2.05, 4.69) is 22.0 Å². The average molecular weight is 106 g/mol. The fourth-order valence-electron chi connectivity index (χ4n) is 0.0333. The summed E-state index contributed by atoms with van der Waals surface area (Å²) in [5.41, 5.74) is 6.27. The monoisotopic (exact) mass is 106 g/mol. The van der Waals surface area contributed by atoms with Gasteiger partial charge in [-0.1, -0.05) is 0 Å². The van der Waals surface area contributed by atoms with Crippen molar-refractivity contribution in [1.29, 1.82) is 0 Å². The van der Waals surface area contributed by atoms with Crippen LogP contribution in [0.25, 0.3) is 5.73 Å². The summed E-state index contributed by atoms with van der Waals surface area (Å²) in [6.45, 7) is 0. The Morgan fingerprint density at radius 3 is 2.40 bits per heavy atom. The molecule has 0 spiro atoms. The van der Waals surface area contributed by atoms with Crippen molar-refractivity contribution in [2.24, 2.45) is 4.99 Å². The molecule has 0 aliphatic heterocycles. The first kappa shape index (κ1) is 4.92. The Labute approximate surface area is 39.6 Å². The molecule has 0 atom stereocenters. The zero-order valence-corrected chi connectivity index (χ0v) is 3.95. The van der Waals surface area contributed by atoms with Crippen LogP contribution in [0.1, 0.15) is 0 Å². The standard InChI is InChI=1S/C2H3N2.V/c1-4-2-3;/h1-3H;/q-1;. The zero-order valence-electron chi connectivity index (χ0n) is 2.55. The van der Waals surface area contributed by atoms with Crippen LogP contribution >= 0.6 is 0 Å². The maximum absolute atomic E-state index is 6.27. The van der Waals surface area contributed by atoms with Crippen molar-refractivity contribution < 1.29 is 17.0 Å². The molecular weight excluding hydrogens is 103 g/mol. The van der Waals surface area contributed by atoms with Crippen LogP contribution in [-0.4, -0.2) is 11.2 Å². The molecule has 0 rings (SSSR count). The molecule has 2 nitrogen and oxygen atoms in total. The van der Waals surface area contributed by atoms with Crippen molar-refractivity contribution in [2.45, 2.75) is 0 Å². The van der Waals surface area contributed by atoms with Gasteiger partial charge in [0.25, 0.3) is 0 Å². The molecule has 0 saturated carbocycles. The van der Waals surface area contributed by atoms with Gasteiger partial charge in [0, 0.05) is 0 Å². The number of hydrogen-bond acceptors (Lipinski definition) is 1. The number of rotatable bonds is 1. The Bertz CT molecular complexity index is 49.6. The van der Waals surface area contributed by atoms with Gasteiger partial charge < -0.3 is 0 Å². The second-order valence-corrected chi connectivity index (χ2v) is 0.754. The molecule has 0 heterocycles. The quantitative estimate of drug-likeness (QED) is 0.342. The second kappa shape index (κ2) is 3.92. The fourth-order valence-corrected chi connectivity index (χ4v) is 0.137. The van der Waals surface area contributed by atoms with Gasteiger partial charge in [0.15, 0.2) is 0 Å². The average Bonchev–Trinajstić information content (AvgIpc) is 1.41. The molecule has 1 N–H and O–H groups in total. The van der Waals surface area contributed by atoms with E-state index < -0.39 is 0 Å². The fraction of sp³-hybridized carbons (Fsp3) is 0. The van der Waals surface area contributed by atoms with Gasteiger partial charge in [-0.25, -0.2) is 0 Å². The van der Waals surface area contributed by atoms with E-state index in [0.29, 0.717) is 0 Å². The Morgan fingerprint density at radius 1 is 1.80 bits per heavy atom. The Kier molecular flexibility index (Phi) is 3.87. The predicted octanol–water partition coefficient (Wildman–Crippen LogP) is 0.373. The van der Waals surface area contributed by atoms with Crippen molar-refractivity contribution in [3.8, 4) is 0 Å². The third kappa shape index (κ3) is 3.92.